The Balaban J connectivity index is 1.35. The quantitative estimate of drug-likeness (QED) is 0.195. The Morgan fingerprint density at radius 2 is 1.84 bits per heavy atom. The summed E-state index contributed by atoms with van der Waals surface area (Å²) in [6.07, 6.45) is 2.84. The zero-order chi connectivity index (χ0) is 32.0. The van der Waals surface area contributed by atoms with Crippen molar-refractivity contribution in [3.63, 3.8) is 0 Å². The van der Waals surface area contributed by atoms with Crippen molar-refractivity contribution in [2.75, 3.05) is 33.9 Å². The van der Waals surface area contributed by atoms with Crippen LogP contribution < -0.4 is 10.1 Å². The standard InChI is InChI=1S/C36H46N4O5/c1-36(2,3)45-35(42)37-29(22-25-16-17-26-11-6-7-12-27(26)21-25)23-32(41)39-18-9-13-28(24-39)34-38-30-14-8-15-31(44-5)33(30)40(34)19-10-20-43-4/h6-8,11-12,14-17,21,28-29H,9-10,13,18-20,22-24H2,1-5H3,(H,37,42)/t28-,29-/m1/s1. The molecule has 1 saturated heterocycles. The van der Waals surface area contributed by atoms with E-state index in [1.807, 2.05) is 56.0 Å². The highest BCUT2D eigenvalue weighted by Crippen LogP contribution is 2.33. The van der Waals surface area contributed by atoms with Crippen LogP contribution in [-0.4, -0.2) is 72.0 Å². The minimum absolute atomic E-state index is 0.0150. The van der Waals surface area contributed by atoms with Crippen molar-refractivity contribution in [2.45, 2.75) is 77.0 Å². The highest BCUT2D eigenvalue weighted by Gasteiger charge is 2.31. The molecule has 9 heteroatoms. The van der Waals surface area contributed by atoms with Crippen molar-refractivity contribution < 1.29 is 23.8 Å². The van der Waals surface area contributed by atoms with E-state index < -0.39 is 17.7 Å². The summed E-state index contributed by atoms with van der Waals surface area (Å²) in [7, 11) is 3.39. The van der Waals surface area contributed by atoms with Crippen LogP contribution in [0, 0.1) is 0 Å². The molecule has 2 atom stereocenters. The van der Waals surface area contributed by atoms with Gasteiger partial charge in [-0.3, -0.25) is 4.79 Å². The first-order valence-corrected chi connectivity index (χ1v) is 15.9. The van der Waals surface area contributed by atoms with Gasteiger partial charge < -0.3 is 29.0 Å². The number of piperidine rings is 1. The predicted octanol–water partition coefficient (Wildman–Crippen LogP) is 6.47. The van der Waals surface area contributed by atoms with Gasteiger partial charge in [-0.1, -0.05) is 48.5 Å². The van der Waals surface area contributed by atoms with Crippen molar-refractivity contribution in [3.8, 4) is 5.75 Å². The number of imidazole rings is 1. The molecular formula is C36H46N4O5. The van der Waals surface area contributed by atoms with Gasteiger partial charge in [0.05, 0.1) is 12.6 Å². The molecule has 1 aromatic heterocycles. The first-order chi connectivity index (χ1) is 21.6. The first kappa shape index (κ1) is 32.3. The summed E-state index contributed by atoms with van der Waals surface area (Å²) in [6.45, 7) is 8.15. The van der Waals surface area contributed by atoms with Crippen LogP contribution in [0.25, 0.3) is 21.8 Å². The lowest BCUT2D eigenvalue weighted by molar-refractivity contribution is -0.132. The molecule has 1 fully saturated rings. The molecule has 1 N–H and O–H groups in total. The molecule has 0 spiro atoms. The summed E-state index contributed by atoms with van der Waals surface area (Å²) in [5.74, 6) is 1.86. The highest BCUT2D eigenvalue weighted by atomic mass is 16.6. The topological polar surface area (TPSA) is 94.9 Å². The fourth-order valence-electron chi connectivity index (χ4n) is 6.29. The number of fused-ring (bicyclic) bond motifs is 2. The average Bonchev–Trinajstić information content (AvgIpc) is 3.39. The Morgan fingerprint density at radius 1 is 1.04 bits per heavy atom. The van der Waals surface area contributed by atoms with Crippen LogP contribution in [-0.2, 0) is 27.2 Å². The number of carbonyl (C=O) groups is 2. The third-order valence-corrected chi connectivity index (χ3v) is 8.29. The summed E-state index contributed by atoms with van der Waals surface area (Å²) in [5.41, 5.74) is 2.28. The third-order valence-electron chi connectivity index (χ3n) is 8.29. The SMILES string of the molecule is COCCCn1c([C@@H]2CCCN(C(=O)C[C@@H](Cc3ccc4ccccc4c3)NC(=O)OC(C)(C)C)C2)nc2cccc(OC)c21. The van der Waals surface area contributed by atoms with Crippen molar-refractivity contribution >= 4 is 33.8 Å². The monoisotopic (exact) mass is 614 g/mol. The number of rotatable bonds is 11. The van der Waals surface area contributed by atoms with Crippen LogP contribution in [0.2, 0.25) is 0 Å². The Labute approximate surface area is 265 Å². The van der Waals surface area contributed by atoms with Gasteiger partial charge in [0.2, 0.25) is 5.91 Å². The van der Waals surface area contributed by atoms with Crippen LogP contribution in [0.15, 0.2) is 60.7 Å². The summed E-state index contributed by atoms with van der Waals surface area (Å²) in [6, 6.07) is 20.0. The maximum absolute atomic E-state index is 13.9. The average molecular weight is 615 g/mol. The van der Waals surface area contributed by atoms with E-state index >= 15 is 0 Å². The number of para-hydroxylation sites is 1. The fourth-order valence-corrected chi connectivity index (χ4v) is 6.29. The summed E-state index contributed by atoms with van der Waals surface area (Å²) >= 11 is 0. The molecule has 45 heavy (non-hydrogen) atoms. The zero-order valence-electron chi connectivity index (χ0n) is 27.2. The number of nitrogens with zero attached hydrogens (tertiary/aromatic N) is 3. The van der Waals surface area contributed by atoms with Gasteiger partial charge in [-0.2, -0.15) is 0 Å². The Bertz CT molecular complexity index is 1630. The Morgan fingerprint density at radius 3 is 2.60 bits per heavy atom. The lowest BCUT2D eigenvalue weighted by Crippen LogP contribution is -2.46. The molecule has 1 aliphatic rings. The maximum Gasteiger partial charge on any atom is 0.407 e. The van der Waals surface area contributed by atoms with Gasteiger partial charge >= 0.3 is 6.09 Å². The van der Waals surface area contributed by atoms with E-state index in [2.05, 4.69) is 40.2 Å². The minimum Gasteiger partial charge on any atom is -0.494 e. The lowest BCUT2D eigenvalue weighted by Gasteiger charge is -2.34. The van der Waals surface area contributed by atoms with Gasteiger partial charge in [-0.15, -0.1) is 0 Å². The molecule has 9 nitrogen and oxygen atoms in total. The molecule has 2 amide bonds. The molecule has 0 bridgehead atoms. The van der Waals surface area contributed by atoms with Crippen LogP contribution in [0.5, 0.6) is 5.75 Å². The molecule has 5 rings (SSSR count). The number of ether oxygens (including phenoxy) is 3. The van der Waals surface area contributed by atoms with Crippen molar-refractivity contribution in [2.24, 2.45) is 0 Å². The molecule has 0 radical (unpaired) electrons. The first-order valence-electron chi connectivity index (χ1n) is 15.9. The number of likely N-dealkylation sites (tertiary alicyclic amines) is 1. The predicted molar refractivity (Wildman–Crippen MR) is 177 cm³/mol. The van der Waals surface area contributed by atoms with Gasteiger partial charge in [0.1, 0.15) is 22.7 Å². The van der Waals surface area contributed by atoms with E-state index in [4.69, 9.17) is 19.2 Å². The van der Waals surface area contributed by atoms with E-state index in [-0.39, 0.29) is 18.2 Å². The van der Waals surface area contributed by atoms with Crippen molar-refractivity contribution in [1.82, 2.24) is 19.8 Å². The molecular weight excluding hydrogens is 568 g/mol. The van der Waals surface area contributed by atoms with Crippen LogP contribution in [0.1, 0.15) is 63.8 Å². The molecule has 240 valence electrons. The number of benzene rings is 3. The Hall–Kier alpha value is -4.11. The summed E-state index contributed by atoms with van der Waals surface area (Å²) in [4.78, 5) is 33.8. The summed E-state index contributed by atoms with van der Waals surface area (Å²) < 4.78 is 18.9. The second-order valence-electron chi connectivity index (χ2n) is 12.9. The second-order valence-corrected chi connectivity index (χ2v) is 12.9. The van der Waals surface area contributed by atoms with Crippen molar-refractivity contribution in [3.05, 3.63) is 72.1 Å². The number of methoxy groups -OCH3 is 2. The van der Waals surface area contributed by atoms with E-state index in [1.54, 1.807) is 14.2 Å². The van der Waals surface area contributed by atoms with E-state index in [0.29, 0.717) is 26.1 Å². The van der Waals surface area contributed by atoms with Crippen LogP contribution in [0.3, 0.4) is 0 Å². The fraction of sp³-hybridized carbons (Fsp3) is 0.472. The second kappa shape index (κ2) is 14.3. The zero-order valence-corrected chi connectivity index (χ0v) is 27.2. The molecule has 0 saturated carbocycles. The molecule has 0 unspecified atom stereocenters. The van der Waals surface area contributed by atoms with Crippen LogP contribution >= 0.6 is 0 Å². The largest absolute Gasteiger partial charge is 0.494 e. The molecule has 4 aromatic rings. The third kappa shape index (κ3) is 8.14. The smallest absolute Gasteiger partial charge is 0.407 e. The number of alkyl carbamates (subject to hydrolysis) is 1. The number of aryl methyl sites for hydroxylation is 1. The molecule has 2 heterocycles. The van der Waals surface area contributed by atoms with Crippen molar-refractivity contribution in [1.29, 1.82) is 0 Å². The van der Waals surface area contributed by atoms with Gasteiger partial charge in [0.15, 0.2) is 0 Å². The van der Waals surface area contributed by atoms with E-state index in [0.717, 1.165) is 64.8 Å². The van der Waals surface area contributed by atoms with E-state index in [1.165, 1.54) is 0 Å². The number of hydrogen-bond acceptors (Lipinski definition) is 6. The molecule has 3 aromatic carbocycles. The Kier molecular flexibility index (Phi) is 10.3. The summed E-state index contributed by atoms with van der Waals surface area (Å²) in [5, 5.41) is 5.28. The number of amides is 2. The normalized spacial score (nSPS) is 16.1. The number of carbonyl (C=O) groups excluding carboxylic acids is 2. The van der Waals surface area contributed by atoms with Gasteiger partial charge in [-0.25, -0.2) is 9.78 Å². The van der Waals surface area contributed by atoms with Gasteiger partial charge in [-0.05, 0) is 74.9 Å². The maximum atomic E-state index is 13.9. The van der Waals surface area contributed by atoms with Crippen LogP contribution in [0.4, 0.5) is 4.79 Å². The lowest BCUT2D eigenvalue weighted by atomic mass is 9.95. The van der Waals surface area contributed by atoms with E-state index in [9.17, 15) is 9.59 Å². The number of aromatic nitrogens is 2. The van der Waals surface area contributed by atoms with Gasteiger partial charge in [0, 0.05) is 51.7 Å². The molecule has 1 aliphatic heterocycles. The highest BCUT2D eigenvalue weighted by molar-refractivity contribution is 5.84. The molecule has 0 aliphatic carbocycles. The minimum atomic E-state index is -0.640. The van der Waals surface area contributed by atoms with Gasteiger partial charge in [0.25, 0.3) is 0 Å². The number of nitrogens with one attached hydrogen (secondary N) is 1. The number of hydrogen-bond donors (Lipinski definition) is 1.